The van der Waals surface area contributed by atoms with Gasteiger partial charge in [-0.3, -0.25) is 0 Å². The van der Waals surface area contributed by atoms with E-state index in [0.717, 1.165) is 54.6 Å². The van der Waals surface area contributed by atoms with Crippen LogP contribution >= 0.6 is 11.3 Å². The first-order valence-corrected chi connectivity index (χ1v) is 11.2. The number of aromatic nitrogens is 2. The summed E-state index contributed by atoms with van der Waals surface area (Å²) >= 11 is 1.79. The highest BCUT2D eigenvalue weighted by molar-refractivity contribution is 7.19. The Morgan fingerprint density at radius 2 is 2.00 bits per heavy atom. The molecule has 2 aromatic heterocycles. The molecule has 5 nitrogen and oxygen atoms in total. The van der Waals surface area contributed by atoms with Gasteiger partial charge in [0.25, 0.3) is 0 Å². The standard InChI is InChI=1S/C21H31N3O2S/c1-4-15(25)11-13-5-10-17-18(13)19-20(22-12-23-21(19)27-17)26-16-8-6-14(7-9-16)24(2)3/h12-16,25H,4-11H2,1-3H3/t13-,14-,15?,16-/m1/s1. The van der Waals surface area contributed by atoms with Crippen molar-refractivity contribution in [2.24, 2.45) is 0 Å². The molecule has 1 saturated carbocycles. The van der Waals surface area contributed by atoms with Gasteiger partial charge >= 0.3 is 0 Å². The van der Waals surface area contributed by atoms with Crippen molar-refractivity contribution >= 4 is 21.6 Å². The fourth-order valence-electron chi connectivity index (χ4n) is 4.70. The minimum atomic E-state index is -0.230. The summed E-state index contributed by atoms with van der Waals surface area (Å²) in [5.74, 6) is 1.17. The number of fused-ring (bicyclic) bond motifs is 3. The number of nitrogens with zero attached hydrogens (tertiary/aromatic N) is 3. The van der Waals surface area contributed by atoms with Crippen LogP contribution in [0.4, 0.5) is 0 Å². The number of hydrogen-bond donors (Lipinski definition) is 1. The molecule has 0 saturated heterocycles. The third kappa shape index (κ3) is 3.84. The fourth-order valence-corrected chi connectivity index (χ4v) is 5.93. The summed E-state index contributed by atoms with van der Waals surface area (Å²) in [5.41, 5.74) is 1.36. The molecule has 1 unspecified atom stereocenters. The van der Waals surface area contributed by atoms with Crippen molar-refractivity contribution in [2.45, 2.75) is 82.5 Å². The van der Waals surface area contributed by atoms with E-state index in [1.165, 1.54) is 23.3 Å². The Labute approximate surface area is 165 Å². The van der Waals surface area contributed by atoms with E-state index in [9.17, 15) is 5.11 Å². The Morgan fingerprint density at radius 3 is 2.70 bits per heavy atom. The monoisotopic (exact) mass is 389 g/mol. The van der Waals surface area contributed by atoms with Crippen molar-refractivity contribution in [1.82, 2.24) is 14.9 Å². The third-order valence-electron chi connectivity index (χ3n) is 6.38. The summed E-state index contributed by atoms with van der Waals surface area (Å²) in [7, 11) is 4.33. The van der Waals surface area contributed by atoms with Crippen LogP contribution in [0.25, 0.3) is 10.2 Å². The molecule has 27 heavy (non-hydrogen) atoms. The van der Waals surface area contributed by atoms with Crippen LogP contribution in [0.3, 0.4) is 0 Å². The number of ether oxygens (including phenoxy) is 1. The van der Waals surface area contributed by atoms with Crippen LogP contribution in [0.15, 0.2) is 6.33 Å². The summed E-state index contributed by atoms with van der Waals surface area (Å²) in [6.07, 6.45) is 10.0. The van der Waals surface area contributed by atoms with Crippen LogP contribution in [-0.2, 0) is 6.42 Å². The Morgan fingerprint density at radius 1 is 1.22 bits per heavy atom. The molecule has 0 bridgehead atoms. The molecule has 2 aliphatic carbocycles. The molecular weight excluding hydrogens is 358 g/mol. The highest BCUT2D eigenvalue weighted by Crippen LogP contribution is 2.47. The van der Waals surface area contributed by atoms with Gasteiger partial charge in [-0.05, 0) is 76.9 Å². The summed E-state index contributed by atoms with van der Waals surface area (Å²) < 4.78 is 6.43. The molecule has 0 aromatic carbocycles. The van der Waals surface area contributed by atoms with E-state index in [4.69, 9.17) is 4.74 Å². The zero-order valence-corrected chi connectivity index (χ0v) is 17.5. The number of thiophene rings is 1. The van der Waals surface area contributed by atoms with Gasteiger partial charge in [-0.1, -0.05) is 6.92 Å². The van der Waals surface area contributed by atoms with Crippen LogP contribution in [0, 0.1) is 0 Å². The van der Waals surface area contributed by atoms with E-state index in [2.05, 4.69) is 29.0 Å². The highest BCUT2D eigenvalue weighted by atomic mass is 32.1. The van der Waals surface area contributed by atoms with Crippen molar-refractivity contribution < 1.29 is 9.84 Å². The predicted octanol–water partition coefficient (Wildman–Crippen LogP) is 4.13. The molecule has 0 aliphatic heterocycles. The van der Waals surface area contributed by atoms with Crippen molar-refractivity contribution in [3.8, 4) is 5.88 Å². The second-order valence-corrected chi connectivity index (χ2v) is 9.43. The number of aryl methyl sites for hydroxylation is 1. The molecule has 2 aliphatic rings. The molecule has 1 N–H and O–H groups in total. The maximum Gasteiger partial charge on any atom is 0.225 e. The maximum atomic E-state index is 10.2. The van der Waals surface area contributed by atoms with Crippen molar-refractivity contribution in [3.05, 3.63) is 16.8 Å². The number of aliphatic hydroxyl groups excluding tert-OH is 1. The molecule has 2 heterocycles. The lowest BCUT2D eigenvalue weighted by molar-refractivity contribution is 0.108. The first-order valence-electron chi connectivity index (χ1n) is 10.3. The minimum Gasteiger partial charge on any atom is -0.474 e. The lowest BCUT2D eigenvalue weighted by Gasteiger charge is -2.32. The maximum absolute atomic E-state index is 10.2. The Hall–Kier alpha value is -1.24. The summed E-state index contributed by atoms with van der Waals surface area (Å²) in [6.45, 7) is 2.05. The van der Waals surface area contributed by atoms with Crippen molar-refractivity contribution in [1.29, 1.82) is 0 Å². The van der Waals surface area contributed by atoms with E-state index >= 15 is 0 Å². The molecule has 0 radical (unpaired) electrons. The molecule has 1 fully saturated rings. The summed E-state index contributed by atoms with van der Waals surface area (Å²) in [6, 6.07) is 0.667. The van der Waals surface area contributed by atoms with Crippen LogP contribution in [0.1, 0.15) is 68.2 Å². The van der Waals surface area contributed by atoms with Gasteiger partial charge in [0.1, 0.15) is 17.3 Å². The smallest absolute Gasteiger partial charge is 0.225 e. The van der Waals surface area contributed by atoms with Crippen LogP contribution in [0.5, 0.6) is 5.88 Å². The van der Waals surface area contributed by atoms with Gasteiger partial charge in [-0.25, -0.2) is 9.97 Å². The molecule has 4 rings (SSSR count). The Kier molecular flexibility index (Phi) is 5.67. The van der Waals surface area contributed by atoms with E-state index in [0.29, 0.717) is 12.0 Å². The molecule has 2 atom stereocenters. The van der Waals surface area contributed by atoms with Crippen LogP contribution in [-0.4, -0.2) is 52.3 Å². The van der Waals surface area contributed by atoms with Crippen molar-refractivity contribution in [2.75, 3.05) is 14.1 Å². The van der Waals surface area contributed by atoms with Crippen molar-refractivity contribution in [3.63, 3.8) is 0 Å². The van der Waals surface area contributed by atoms with Gasteiger partial charge in [0.2, 0.25) is 5.88 Å². The normalized spacial score (nSPS) is 26.5. The second kappa shape index (κ2) is 8.02. The first kappa shape index (κ1) is 19.1. The average molecular weight is 390 g/mol. The van der Waals surface area contributed by atoms with E-state index < -0.39 is 0 Å². The third-order valence-corrected chi connectivity index (χ3v) is 7.55. The molecule has 148 valence electrons. The zero-order valence-electron chi connectivity index (χ0n) is 16.6. The Bertz CT molecular complexity index is 783. The van der Waals surface area contributed by atoms with E-state index in [1.54, 1.807) is 17.7 Å². The minimum absolute atomic E-state index is 0.230. The summed E-state index contributed by atoms with van der Waals surface area (Å²) in [4.78, 5) is 13.9. The highest BCUT2D eigenvalue weighted by Gasteiger charge is 2.32. The van der Waals surface area contributed by atoms with Gasteiger partial charge < -0.3 is 14.7 Å². The van der Waals surface area contributed by atoms with Gasteiger partial charge in [0, 0.05) is 10.9 Å². The number of hydrogen-bond acceptors (Lipinski definition) is 6. The molecular formula is C21H31N3O2S. The number of aliphatic hydroxyl groups is 1. The first-order chi connectivity index (χ1) is 13.1. The van der Waals surface area contributed by atoms with E-state index in [-0.39, 0.29) is 12.2 Å². The molecule has 0 spiro atoms. The van der Waals surface area contributed by atoms with Crippen LogP contribution < -0.4 is 4.74 Å². The van der Waals surface area contributed by atoms with Gasteiger partial charge in [-0.15, -0.1) is 11.3 Å². The lowest BCUT2D eigenvalue weighted by Crippen LogP contribution is -2.35. The van der Waals surface area contributed by atoms with Crippen LogP contribution in [0.2, 0.25) is 0 Å². The van der Waals surface area contributed by atoms with Gasteiger partial charge in [0.05, 0.1) is 11.5 Å². The fraction of sp³-hybridized carbons (Fsp3) is 0.714. The van der Waals surface area contributed by atoms with Gasteiger partial charge in [-0.2, -0.15) is 0 Å². The SMILES string of the molecule is CCC(O)C[C@H]1CCc2sc3ncnc(O[C@H]4CC[C@H](N(C)C)CC4)c3c21. The largest absolute Gasteiger partial charge is 0.474 e. The van der Waals surface area contributed by atoms with Gasteiger partial charge in [0.15, 0.2) is 0 Å². The molecule has 6 heteroatoms. The molecule has 0 amide bonds. The average Bonchev–Trinajstić information content (AvgIpc) is 3.22. The topological polar surface area (TPSA) is 58.5 Å². The predicted molar refractivity (Wildman–Crippen MR) is 110 cm³/mol. The quantitative estimate of drug-likeness (QED) is 0.805. The molecule has 2 aromatic rings. The lowest BCUT2D eigenvalue weighted by atomic mass is 9.92. The number of rotatable bonds is 6. The Balaban J connectivity index is 1.57. The summed E-state index contributed by atoms with van der Waals surface area (Å²) in [5, 5.41) is 11.3. The second-order valence-electron chi connectivity index (χ2n) is 8.34. The zero-order chi connectivity index (χ0) is 19.0. The van der Waals surface area contributed by atoms with E-state index in [1.807, 2.05) is 6.92 Å².